The third-order valence-corrected chi connectivity index (χ3v) is 14.5. The Labute approximate surface area is 372 Å². The van der Waals surface area contributed by atoms with Crippen LogP contribution in [0.2, 0.25) is 0 Å². The average Bonchev–Trinajstić information content (AvgIpc) is 3.90. The third-order valence-electron chi connectivity index (χ3n) is 14.5. The van der Waals surface area contributed by atoms with Crippen LogP contribution in [0, 0.1) is 0 Å². The van der Waals surface area contributed by atoms with Gasteiger partial charge in [0, 0.05) is 136 Å². The number of benzene rings is 2. The highest BCUT2D eigenvalue weighted by atomic mass is 19.3. The maximum atomic E-state index is 15.5. The topological polar surface area (TPSA) is 121 Å². The van der Waals surface area contributed by atoms with Gasteiger partial charge >= 0.3 is 0 Å². The summed E-state index contributed by atoms with van der Waals surface area (Å²) in [7, 11) is 3.76. The van der Waals surface area contributed by atoms with E-state index in [0.717, 1.165) is 136 Å². The number of fused-ring (bicyclic) bond motifs is 3. The number of aryl methyl sites for hydroxylation is 1. The normalized spacial score (nSPS) is 20.4. The van der Waals surface area contributed by atoms with E-state index in [9.17, 15) is 14.4 Å². The summed E-state index contributed by atoms with van der Waals surface area (Å²) in [6.45, 7) is 6.67. The molecule has 1 atom stereocenters. The van der Waals surface area contributed by atoms with E-state index >= 15 is 8.78 Å². The number of likely N-dealkylation sites (tertiary alicyclic amines) is 1. The first-order valence-electron chi connectivity index (χ1n) is 23.1. The number of anilines is 2. The van der Waals surface area contributed by atoms with Crippen LogP contribution >= 0.6 is 0 Å². The molecule has 3 aromatic heterocycles. The number of halogens is 2. The SMILES string of the molecule is CN1CCc2c(c(N3CCCc4cc(-c5cn(C6CCN(Cc7ccc(C=O)c(C(=O)N(C)C8CCCNC8=O)c7)CC6)c6ccncc56)c(C(F)F)cc43)nn2C2CCOCC2)C1. The lowest BCUT2D eigenvalue weighted by molar-refractivity contribution is -0.126. The molecule has 15 heteroatoms. The second kappa shape index (κ2) is 17.8. The van der Waals surface area contributed by atoms with Gasteiger partial charge in [-0.15, -0.1) is 0 Å². The Morgan fingerprint density at radius 1 is 0.984 bits per heavy atom. The number of hydrogen-bond donors (Lipinski definition) is 1. The van der Waals surface area contributed by atoms with Crippen molar-refractivity contribution in [1.29, 1.82) is 0 Å². The van der Waals surface area contributed by atoms with E-state index in [1.807, 2.05) is 24.4 Å². The molecule has 5 aliphatic rings. The van der Waals surface area contributed by atoms with Crippen molar-refractivity contribution >= 4 is 40.5 Å². The Bertz CT molecular complexity index is 2580. The summed E-state index contributed by atoms with van der Waals surface area (Å²) in [5.74, 6) is 0.386. The molecule has 10 rings (SSSR count). The van der Waals surface area contributed by atoms with Gasteiger partial charge in [-0.1, -0.05) is 12.1 Å². The lowest BCUT2D eigenvalue weighted by Crippen LogP contribution is -2.51. The van der Waals surface area contributed by atoms with Gasteiger partial charge in [-0.05, 0) is 99.4 Å². The van der Waals surface area contributed by atoms with Gasteiger partial charge in [-0.3, -0.25) is 28.9 Å². The van der Waals surface area contributed by atoms with Crippen molar-refractivity contribution < 1.29 is 27.9 Å². The number of nitrogens with zero attached hydrogens (tertiary/aromatic N) is 8. The number of hydrogen-bond acceptors (Lipinski definition) is 9. The third kappa shape index (κ3) is 7.89. The van der Waals surface area contributed by atoms with Crippen LogP contribution in [0.15, 0.2) is 55.0 Å². The zero-order valence-electron chi connectivity index (χ0n) is 36.8. The van der Waals surface area contributed by atoms with Crippen molar-refractivity contribution in [2.75, 3.05) is 64.9 Å². The van der Waals surface area contributed by atoms with E-state index in [2.05, 4.69) is 47.5 Å². The van der Waals surface area contributed by atoms with E-state index in [-0.39, 0.29) is 29.5 Å². The number of amides is 2. The van der Waals surface area contributed by atoms with Crippen LogP contribution in [0.1, 0.15) is 112 Å². The molecule has 3 saturated heterocycles. The molecule has 1 N–H and O–H groups in total. The smallest absolute Gasteiger partial charge is 0.264 e. The van der Waals surface area contributed by atoms with Gasteiger partial charge in [0.05, 0.1) is 17.1 Å². The lowest BCUT2D eigenvalue weighted by Gasteiger charge is -2.33. The average molecular weight is 874 g/mol. The minimum absolute atomic E-state index is 0.0184. The first-order chi connectivity index (χ1) is 31.2. The van der Waals surface area contributed by atoms with E-state index in [1.54, 1.807) is 31.4 Å². The number of pyridine rings is 1. The molecule has 336 valence electrons. The number of carbonyl (C=O) groups excluding carboxylic acids is 3. The molecule has 2 aromatic carbocycles. The van der Waals surface area contributed by atoms with Gasteiger partial charge < -0.3 is 29.3 Å². The van der Waals surface area contributed by atoms with Gasteiger partial charge in [0.2, 0.25) is 5.91 Å². The highest BCUT2D eigenvalue weighted by Gasteiger charge is 2.35. The predicted octanol–water partition coefficient (Wildman–Crippen LogP) is 7.26. The number of aldehydes is 1. The molecule has 1 unspecified atom stereocenters. The van der Waals surface area contributed by atoms with Crippen LogP contribution in [0.4, 0.5) is 20.3 Å². The molecular formula is C49H57F2N9O4. The predicted molar refractivity (Wildman–Crippen MR) is 240 cm³/mol. The minimum atomic E-state index is -2.69. The minimum Gasteiger partial charge on any atom is -0.381 e. The molecule has 0 saturated carbocycles. The van der Waals surface area contributed by atoms with Gasteiger partial charge in [0.1, 0.15) is 6.04 Å². The van der Waals surface area contributed by atoms with Gasteiger partial charge in [-0.2, -0.15) is 5.10 Å². The molecule has 8 heterocycles. The maximum Gasteiger partial charge on any atom is 0.264 e. The summed E-state index contributed by atoms with van der Waals surface area (Å²) in [5.41, 5.74) is 8.20. The number of piperidine rings is 2. The Morgan fingerprint density at radius 3 is 2.59 bits per heavy atom. The Hall–Kier alpha value is -5.51. The monoisotopic (exact) mass is 873 g/mol. The summed E-state index contributed by atoms with van der Waals surface area (Å²) < 4.78 is 41.2. The summed E-state index contributed by atoms with van der Waals surface area (Å²) in [5, 5.41) is 9.01. The number of carbonyl (C=O) groups is 3. The molecule has 64 heavy (non-hydrogen) atoms. The molecule has 2 amide bonds. The van der Waals surface area contributed by atoms with Gasteiger partial charge in [-0.25, -0.2) is 8.78 Å². The number of likely N-dealkylation sites (N-methyl/N-ethyl adjacent to an activating group) is 2. The molecule has 0 aliphatic carbocycles. The van der Waals surface area contributed by atoms with Crippen molar-refractivity contribution in [3.8, 4) is 11.1 Å². The first kappa shape index (κ1) is 42.4. The Morgan fingerprint density at radius 2 is 1.81 bits per heavy atom. The van der Waals surface area contributed by atoms with Crippen LogP contribution in [-0.4, -0.2) is 118 Å². The quantitative estimate of drug-likeness (QED) is 0.145. The summed E-state index contributed by atoms with van der Waals surface area (Å²) in [6.07, 6.45) is 11.1. The van der Waals surface area contributed by atoms with Gasteiger partial charge in [0.15, 0.2) is 12.1 Å². The second-order valence-electron chi connectivity index (χ2n) is 18.4. The fraction of sp³-hybridized carbons (Fsp3) is 0.490. The Balaban J connectivity index is 0.908. The van der Waals surface area contributed by atoms with Crippen molar-refractivity contribution in [2.24, 2.45) is 0 Å². The number of aromatic nitrogens is 4. The van der Waals surface area contributed by atoms with Crippen molar-refractivity contribution in [2.45, 2.75) is 95.4 Å². The number of rotatable bonds is 10. The zero-order valence-corrected chi connectivity index (χ0v) is 36.8. The summed E-state index contributed by atoms with van der Waals surface area (Å²) >= 11 is 0. The number of ether oxygens (including phenoxy) is 1. The molecule has 5 aromatic rings. The molecule has 5 aliphatic heterocycles. The summed E-state index contributed by atoms with van der Waals surface area (Å²) in [6, 6.07) is 11.0. The largest absolute Gasteiger partial charge is 0.381 e. The molecular weight excluding hydrogens is 817 g/mol. The maximum absolute atomic E-state index is 15.5. The van der Waals surface area contributed by atoms with Gasteiger partial charge in [0.25, 0.3) is 12.3 Å². The van der Waals surface area contributed by atoms with Crippen molar-refractivity contribution in [3.05, 3.63) is 94.1 Å². The van der Waals surface area contributed by atoms with Crippen LogP contribution in [0.5, 0.6) is 0 Å². The van der Waals surface area contributed by atoms with Crippen molar-refractivity contribution in [3.63, 3.8) is 0 Å². The van der Waals surface area contributed by atoms with Crippen LogP contribution < -0.4 is 10.2 Å². The highest BCUT2D eigenvalue weighted by Crippen LogP contribution is 2.46. The van der Waals surface area contributed by atoms with Crippen LogP contribution in [0.3, 0.4) is 0 Å². The second-order valence-corrected chi connectivity index (χ2v) is 18.4. The van der Waals surface area contributed by atoms with E-state index in [0.29, 0.717) is 42.5 Å². The molecule has 3 fully saturated rings. The molecule has 0 radical (unpaired) electrons. The van der Waals surface area contributed by atoms with Crippen molar-refractivity contribution in [1.82, 2.24) is 39.3 Å². The molecule has 0 spiro atoms. The Kier molecular flexibility index (Phi) is 11.8. The first-order valence-corrected chi connectivity index (χ1v) is 23.1. The van der Waals surface area contributed by atoms with E-state index in [4.69, 9.17) is 9.84 Å². The molecule has 13 nitrogen and oxygen atoms in total. The van der Waals surface area contributed by atoms with E-state index < -0.39 is 12.5 Å². The summed E-state index contributed by atoms with van der Waals surface area (Å²) in [4.78, 5) is 51.0. The number of nitrogens with one attached hydrogen (secondary N) is 1. The lowest BCUT2D eigenvalue weighted by atomic mass is 9.91. The van der Waals surface area contributed by atoms with Crippen LogP contribution in [-0.2, 0) is 35.5 Å². The van der Waals surface area contributed by atoms with Crippen LogP contribution in [0.25, 0.3) is 22.0 Å². The standard InChI is InChI=1S/C49H57F2N9O4/c1-55-18-12-43-41(28-55)47(54-60(43)35-13-21-64-22-14-35)58-17-4-5-32-24-37(38(46(50)51)25-45(32)58)40-29-59(42-9-16-52-26-39(40)42)34-10-19-57(20-11-34)27-31-7-8-33(30-61)36(23-31)49(63)56(2)44-6-3-15-53-48(44)62/h7-9,16,23-26,29-30,34-35,44,46H,3-6,10-15,17-22,27-28H2,1-2H3,(H,53,62). The zero-order chi connectivity index (χ0) is 44.1. The highest BCUT2D eigenvalue weighted by molar-refractivity contribution is 6.03. The number of alkyl halides is 2. The fourth-order valence-corrected chi connectivity index (χ4v) is 11.0. The van der Waals surface area contributed by atoms with E-state index in [1.165, 1.54) is 16.2 Å². The fourth-order valence-electron chi connectivity index (χ4n) is 11.0. The molecule has 0 bridgehead atoms.